The second kappa shape index (κ2) is 4.37. The van der Waals surface area contributed by atoms with Crippen LogP contribution in [0.5, 0.6) is 0 Å². The summed E-state index contributed by atoms with van der Waals surface area (Å²) in [5.74, 6) is 0.305. The molecule has 0 spiro atoms. The predicted molar refractivity (Wildman–Crippen MR) is 67.0 cm³/mol. The first kappa shape index (κ1) is 10.6. The molecule has 3 aromatic rings. The summed E-state index contributed by atoms with van der Waals surface area (Å²) >= 11 is 0. The molecule has 0 amide bonds. The minimum atomic E-state index is -0.271. The quantitative estimate of drug-likeness (QED) is 0.748. The molecule has 3 rings (SSSR count). The Kier molecular flexibility index (Phi) is 2.57. The molecule has 4 nitrogen and oxygen atoms in total. The van der Waals surface area contributed by atoms with Crippen molar-refractivity contribution in [3.8, 4) is 0 Å². The van der Waals surface area contributed by atoms with E-state index in [1.54, 1.807) is 24.5 Å². The fraction of sp³-hybridized carbons (Fsp3) is 0. The van der Waals surface area contributed by atoms with Crippen molar-refractivity contribution in [3.05, 3.63) is 54.6 Å². The van der Waals surface area contributed by atoms with Crippen LogP contribution in [-0.4, -0.2) is 15.0 Å². The topological polar surface area (TPSA) is 50.7 Å². The number of fused-ring (bicyclic) bond motifs is 1. The van der Waals surface area contributed by atoms with E-state index < -0.39 is 0 Å². The first-order chi connectivity index (χ1) is 8.81. The summed E-state index contributed by atoms with van der Waals surface area (Å²) < 4.78 is 12.8. The van der Waals surface area contributed by atoms with E-state index in [0.717, 1.165) is 11.2 Å². The number of benzene rings is 1. The van der Waals surface area contributed by atoms with E-state index in [1.807, 2.05) is 12.1 Å². The third kappa shape index (κ3) is 2.10. The molecule has 1 N–H and O–H groups in total. The van der Waals surface area contributed by atoms with Gasteiger partial charge in [0.15, 0.2) is 11.5 Å². The largest absolute Gasteiger partial charge is 0.339 e. The number of anilines is 2. The summed E-state index contributed by atoms with van der Waals surface area (Å²) in [6.45, 7) is 0. The van der Waals surface area contributed by atoms with E-state index in [2.05, 4.69) is 20.3 Å². The SMILES string of the molecule is Fc1ccc(Nc2cnc3cccnc3n2)cc1. The Labute approximate surface area is 103 Å². The number of aromatic nitrogens is 3. The van der Waals surface area contributed by atoms with Crippen molar-refractivity contribution >= 4 is 22.7 Å². The van der Waals surface area contributed by atoms with Crippen LogP contribution in [0.2, 0.25) is 0 Å². The number of nitrogens with zero attached hydrogens (tertiary/aromatic N) is 3. The first-order valence-electron chi connectivity index (χ1n) is 5.42. The fourth-order valence-corrected chi connectivity index (χ4v) is 1.59. The standard InChI is InChI=1S/C13H9FN4/c14-9-3-5-10(6-4-9)17-12-8-16-11-2-1-7-15-13(11)18-12/h1-8H,(H,15,17,18). The van der Waals surface area contributed by atoms with Gasteiger partial charge in [-0.2, -0.15) is 0 Å². The van der Waals surface area contributed by atoms with Crippen LogP contribution in [0.25, 0.3) is 11.2 Å². The maximum Gasteiger partial charge on any atom is 0.180 e. The molecule has 0 saturated carbocycles. The molecule has 0 atom stereocenters. The van der Waals surface area contributed by atoms with Gasteiger partial charge >= 0.3 is 0 Å². The number of hydrogen-bond donors (Lipinski definition) is 1. The van der Waals surface area contributed by atoms with Gasteiger partial charge in [0.05, 0.1) is 6.20 Å². The zero-order chi connectivity index (χ0) is 12.4. The molecule has 2 aromatic heterocycles. The molecule has 5 heteroatoms. The predicted octanol–water partition coefficient (Wildman–Crippen LogP) is 2.91. The Bertz CT molecular complexity index is 682. The lowest BCUT2D eigenvalue weighted by atomic mass is 10.3. The zero-order valence-corrected chi connectivity index (χ0v) is 9.34. The lowest BCUT2D eigenvalue weighted by Crippen LogP contribution is -1.96. The molecule has 0 bridgehead atoms. The van der Waals surface area contributed by atoms with E-state index >= 15 is 0 Å². The summed E-state index contributed by atoms with van der Waals surface area (Å²) in [6, 6.07) is 9.70. The Morgan fingerprint density at radius 1 is 1.00 bits per heavy atom. The summed E-state index contributed by atoms with van der Waals surface area (Å²) in [5, 5.41) is 3.04. The van der Waals surface area contributed by atoms with Crippen molar-refractivity contribution in [2.75, 3.05) is 5.32 Å². The normalized spacial score (nSPS) is 10.5. The molecule has 0 radical (unpaired) electrons. The molecule has 0 saturated heterocycles. The average Bonchev–Trinajstić information content (AvgIpc) is 2.41. The molecule has 0 fully saturated rings. The molecule has 0 aliphatic heterocycles. The minimum absolute atomic E-state index is 0.271. The number of halogens is 1. The monoisotopic (exact) mass is 240 g/mol. The van der Waals surface area contributed by atoms with Gasteiger partial charge in [-0.3, -0.25) is 0 Å². The summed E-state index contributed by atoms with van der Waals surface area (Å²) in [5.41, 5.74) is 2.06. The van der Waals surface area contributed by atoms with Crippen molar-refractivity contribution in [2.24, 2.45) is 0 Å². The highest BCUT2D eigenvalue weighted by molar-refractivity contribution is 5.71. The first-order valence-corrected chi connectivity index (χ1v) is 5.42. The average molecular weight is 240 g/mol. The number of hydrogen-bond acceptors (Lipinski definition) is 4. The van der Waals surface area contributed by atoms with Gasteiger partial charge in [0.2, 0.25) is 0 Å². The minimum Gasteiger partial charge on any atom is -0.339 e. The van der Waals surface area contributed by atoms with Gasteiger partial charge < -0.3 is 5.32 Å². The number of rotatable bonds is 2. The molecular weight excluding hydrogens is 231 g/mol. The molecule has 88 valence electrons. The Balaban J connectivity index is 1.92. The second-order valence-corrected chi connectivity index (χ2v) is 3.73. The van der Waals surface area contributed by atoms with Crippen molar-refractivity contribution < 1.29 is 4.39 Å². The maximum atomic E-state index is 12.8. The third-order valence-electron chi connectivity index (χ3n) is 2.43. The van der Waals surface area contributed by atoms with E-state index in [0.29, 0.717) is 11.5 Å². The van der Waals surface area contributed by atoms with Crippen molar-refractivity contribution in [2.45, 2.75) is 0 Å². The number of nitrogens with one attached hydrogen (secondary N) is 1. The Morgan fingerprint density at radius 2 is 1.83 bits per heavy atom. The summed E-state index contributed by atoms with van der Waals surface area (Å²) in [4.78, 5) is 12.7. The van der Waals surface area contributed by atoms with Crippen LogP contribution >= 0.6 is 0 Å². The van der Waals surface area contributed by atoms with E-state index in [-0.39, 0.29) is 5.82 Å². The summed E-state index contributed by atoms with van der Waals surface area (Å²) in [6.07, 6.45) is 3.28. The molecule has 18 heavy (non-hydrogen) atoms. The summed E-state index contributed by atoms with van der Waals surface area (Å²) in [7, 11) is 0. The smallest absolute Gasteiger partial charge is 0.180 e. The van der Waals surface area contributed by atoms with Gasteiger partial charge in [0.1, 0.15) is 11.3 Å². The van der Waals surface area contributed by atoms with Crippen molar-refractivity contribution in [3.63, 3.8) is 0 Å². The number of pyridine rings is 1. The Morgan fingerprint density at radius 3 is 2.67 bits per heavy atom. The Hall–Kier alpha value is -2.56. The van der Waals surface area contributed by atoms with E-state index in [4.69, 9.17) is 0 Å². The lowest BCUT2D eigenvalue weighted by molar-refractivity contribution is 0.628. The molecule has 0 aliphatic carbocycles. The van der Waals surface area contributed by atoms with Crippen LogP contribution in [0.3, 0.4) is 0 Å². The molecule has 1 aromatic carbocycles. The molecule has 0 aliphatic rings. The molecule has 0 unspecified atom stereocenters. The third-order valence-corrected chi connectivity index (χ3v) is 2.43. The van der Waals surface area contributed by atoms with Gasteiger partial charge in [-0.1, -0.05) is 0 Å². The second-order valence-electron chi connectivity index (χ2n) is 3.73. The van der Waals surface area contributed by atoms with Gasteiger partial charge in [-0.05, 0) is 36.4 Å². The molecule has 2 heterocycles. The van der Waals surface area contributed by atoms with Gasteiger partial charge in [0, 0.05) is 11.9 Å². The van der Waals surface area contributed by atoms with Crippen LogP contribution < -0.4 is 5.32 Å². The van der Waals surface area contributed by atoms with Crippen LogP contribution in [-0.2, 0) is 0 Å². The lowest BCUT2D eigenvalue weighted by Gasteiger charge is -2.05. The van der Waals surface area contributed by atoms with Crippen LogP contribution in [0.1, 0.15) is 0 Å². The zero-order valence-electron chi connectivity index (χ0n) is 9.34. The van der Waals surface area contributed by atoms with Gasteiger partial charge in [0.25, 0.3) is 0 Å². The van der Waals surface area contributed by atoms with Gasteiger partial charge in [-0.15, -0.1) is 0 Å². The van der Waals surface area contributed by atoms with Crippen molar-refractivity contribution in [1.82, 2.24) is 15.0 Å². The molecular formula is C13H9FN4. The van der Waals surface area contributed by atoms with E-state index in [1.165, 1.54) is 12.1 Å². The maximum absolute atomic E-state index is 12.8. The van der Waals surface area contributed by atoms with Crippen molar-refractivity contribution in [1.29, 1.82) is 0 Å². The fourth-order valence-electron chi connectivity index (χ4n) is 1.59. The highest BCUT2D eigenvalue weighted by Crippen LogP contribution is 2.15. The highest BCUT2D eigenvalue weighted by atomic mass is 19.1. The van der Waals surface area contributed by atoms with Crippen LogP contribution in [0.15, 0.2) is 48.8 Å². The van der Waals surface area contributed by atoms with Crippen LogP contribution in [0.4, 0.5) is 15.9 Å². The highest BCUT2D eigenvalue weighted by Gasteiger charge is 2.00. The van der Waals surface area contributed by atoms with Crippen LogP contribution in [0, 0.1) is 5.82 Å². The van der Waals surface area contributed by atoms with Gasteiger partial charge in [-0.25, -0.2) is 19.3 Å². The van der Waals surface area contributed by atoms with E-state index in [9.17, 15) is 4.39 Å².